The van der Waals surface area contributed by atoms with E-state index < -0.39 is 5.91 Å². The molecule has 0 aliphatic carbocycles. The fourth-order valence-electron chi connectivity index (χ4n) is 1.02. The van der Waals surface area contributed by atoms with Crippen molar-refractivity contribution in [2.24, 2.45) is 5.73 Å². The molecule has 2 aromatic heterocycles. The minimum absolute atomic E-state index is 0.400. The zero-order valence-electron chi connectivity index (χ0n) is 6.69. The number of primary amides is 1. The third-order valence-corrected chi connectivity index (χ3v) is 2.73. The Hall–Kier alpha value is -1.55. The molecule has 2 heterocycles. The van der Waals surface area contributed by atoms with Crippen LogP contribution in [0.3, 0.4) is 0 Å². The molecule has 0 bridgehead atoms. The van der Waals surface area contributed by atoms with Crippen molar-refractivity contribution in [1.82, 2.24) is 0 Å². The lowest BCUT2D eigenvalue weighted by Crippen LogP contribution is -2.07. The largest absolute Gasteiger partial charge is 0.464 e. The average molecular weight is 193 g/mol. The molecule has 0 unspecified atom stereocenters. The van der Waals surface area contributed by atoms with E-state index in [1.54, 1.807) is 18.4 Å². The molecular weight excluding hydrogens is 186 g/mol. The molecule has 0 aliphatic rings. The van der Waals surface area contributed by atoms with Gasteiger partial charge >= 0.3 is 0 Å². The van der Waals surface area contributed by atoms with Crippen molar-refractivity contribution in [1.29, 1.82) is 0 Å². The van der Waals surface area contributed by atoms with Gasteiger partial charge in [-0.25, -0.2) is 0 Å². The summed E-state index contributed by atoms with van der Waals surface area (Å²) < 4.78 is 5.17. The Balaban J connectivity index is 2.39. The molecule has 1 amide bonds. The summed E-state index contributed by atoms with van der Waals surface area (Å²) in [7, 11) is 0. The molecule has 0 aliphatic heterocycles. The second-order valence-corrected chi connectivity index (χ2v) is 3.59. The van der Waals surface area contributed by atoms with Crippen LogP contribution >= 0.6 is 11.3 Å². The number of nitrogens with two attached hydrogens (primary N) is 1. The van der Waals surface area contributed by atoms with E-state index in [9.17, 15) is 4.79 Å². The van der Waals surface area contributed by atoms with Gasteiger partial charge in [-0.15, -0.1) is 11.3 Å². The number of hydrogen-bond acceptors (Lipinski definition) is 3. The number of amides is 1. The maximum absolute atomic E-state index is 10.8. The highest BCUT2D eigenvalue weighted by molar-refractivity contribution is 7.17. The molecule has 2 rings (SSSR count). The van der Waals surface area contributed by atoms with Gasteiger partial charge in [-0.3, -0.25) is 4.79 Å². The van der Waals surface area contributed by atoms with Crippen LogP contribution in [0.5, 0.6) is 0 Å². The smallest absolute Gasteiger partial charge is 0.258 e. The fourth-order valence-corrected chi connectivity index (χ4v) is 1.85. The Morgan fingerprint density at radius 2 is 2.23 bits per heavy atom. The third-order valence-electron chi connectivity index (χ3n) is 1.61. The van der Waals surface area contributed by atoms with Crippen molar-refractivity contribution in [2.75, 3.05) is 0 Å². The van der Waals surface area contributed by atoms with Gasteiger partial charge < -0.3 is 10.2 Å². The van der Waals surface area contributed by atoms with Crippen LogP contribution in [0.25, 0.3) is 10.6 Å². The number of thiophene rings is 1. The van der Waals surface area contributed by atoms with Crippen molar-refractivity contribution in [3.8, 4) is 10.6 Å². The topological polar surface area (TPSA) is 56.2 Å². The zero-order chi connectivity index (χ0) is 9.26. The van der Waals surface area contributed by atoms with Crippen LogP contribution in [-0.4, -0.2) is 5.91 Å². The van der Waals surface area contributed by atoms with Crippen LogP contribution in [0, 0.1) is 0 Å². The highest BCUT2D eigenvalue weighted by Crippen LogP contribution is 2.27. The second kappa shape index (κ2) is 3.06. The predicted molar refractivity (Wildman–Crippen MR) is 50.5 cm³/mol. The van der Waals surface area contributed by atoms with E-state index >= 15 is 0 Å². The Morgan fingerprint density at radius 3 is 2.77 bits per heavy atom. The molecule has 0 saturated heterocycles. The normalized spacial score (nSPS) is 10.2. The summed E-state index contributed by atoms with van der Waals surface area (Å²) in [5.41, 5.74) is 5.12. The maximum Gasteiger partial charge on any atom is 0.258 e. The van der Waals surface area contributed by atoms with Crippen molar-refractivity contribution in [2.45, 2.75) is 0 Å². The van der Waals surface area contributed by atoms with Gasteiger partial charge in [0.1, 0.15) is 5.76 Å². The number of rotatable bonds is 2. The first-order valence-corrected chi connectivity index (χ1v) is 4.52. The van der Waals surface area contributed by atoms with Crippen LogP contribution in [0.2, 0.25) is 0 Å². The summed E-state index contributed by atoms with van der Waals surface area (Å²) in [5, 5.41) is 0. The van der Waals surface area contributed by atoms with Crippen LogP contribution in [0.1, 0.15) is 9.67 Å². The molecule has 0 atom stereocenters. The maximum atomic E-state index is 10.8. The molecular formula is C9H7NO2S. The lowest BCUT2D eigenvalue weighted by atomic mass is 10.3. The highest BCUT2D eigenvalue weighted by Gasteiger charge is 2.07. The van der Waals surface area contributed by atoms with Crippen molar-refractivity contribution in [3.05, 3.63) is 35.4 Å². The van der Waals surface area contributed by atoms with E-state index in [-0.39, 0.29) is 0 Å². The van der Waals surface area contributed by atoms with E-state index in [4.69, 9.17) is 10.2 Å². The molecule has 0 fully saturated rings. The van der Waals surface area contributed by atoms with Crippen molar-refractivity contribution in [3.63, 3.8) is 0 Å². The van der Waals surface area contributed by atoms with Crippen LogP contribution in [0.4, 0.5) is 0 Å². The molecule has 0 spiro atoms. The molecule has 0 aromatic carbocycles. The predicted octanol–water partition coefficient (Wildman–Crippen LogP) is 2.11. The van der Waals surface area contributed by atoms with Gasteiger partial charge in [-0.05, 0) is 24.3 Å². The Kier molecular flexibility index (Phi) is 1.90. The third kappa shape index (κ3) is 1.48. The van der Waals surface area contributed by atoms with E-state index in [0.29, 0.717) is 4.88 Å². The molecule has 0 radical (unpaired) electrons. The molecule has 2 aromatic rings. The Labute approximate surface area is 78.8 Å². The minimum Gasteiger partial charge on any atom is -0.464 e. The van der Waals surface area contributed by atoms with Gasteiger partial charge in [0.05, 0.1) is 16.0 Å². The quantitative estimate of drug-likeness (QED) is 0.794. The lowest BCUT2D eigenvalue weighted by Gasteiger charge is -1.87. The lowest BCUT2D eigenvalue weighted by molar-refractivity contribution is 0.100. The van der Waals surface area contributed by atoms with E-state index in [2.05, 4.69) is 0 Å². The van der Waals surface area contributed by atoms with Gasteiger partial charge in [-0.2, -0.15) is 0 Å². The van der Waals surface area contributed by atoms with Gasteiger partial charge in [0, 0.05) is 0 Å². The van der Waals surface area contributed by atoms with E-state index in [1.165, 1.54) is 11.3 Å². The van der Waals surface area contributed by atoms with E-state index in [0.717, 1.165) is 10.6 Å². The number of carbonyl (C=O) groups excluding carboxylic acids is 1. The van der Waals surface area contributed by atoms with Gasteiger partial charge in [0.2, 0.25) is 0 Å². The molecule has 4 heteroatoms. The summed E-state index contributed by atoms with van der Waals surface area (Å²) in [5.74, 6) is 0.361. The zero-order valence-corrected chi connectivity index (χ0v) is 7.51. The monoisotopic (exact) mass is 193 g/mol. The molecule has 13 heavy (non-hydrogen) atoms. The van der Waals surface area contributed by atoms with Crippen LogP contribution < -0.4 is 5.73 Å². The first-order chi connectivity index (χ1) is 6.27. The fraction of sp³-hybridized carbons (Fsp3) is 0. The molecule has 2 N–H and O–H groups in total. The van der Waals surface area contributed by atoms with Crippen molar-refractivity contribution >= 4 is 17.2 Å². The highest BCUT2D eigenvalue weighted by atomic mass is 32.1. The van der Waals surface area contributed by atoms with Crippen LogP contribution in [-0.2, 0) is 0 Å². The van der Waals surface area contributed by atoms with Crippen LogP contribution in [0.15, 0.2) is 34.9 Å². The van der Waals surface area contributed by atoms with Gasteiger partial charge in [0.15, 0.2) is 0 Å². The summed E-state index contributed by atoms with van der Waals surface area (Å²) in [6.45, 7) is 0. The summed E-state index contributed by atoms with van der Waals surface area (Å²) in [6, 6.07) is 7.17. The summed E-state index contributed by atoms with van der Waals surface area (Å²) in [4.78, 5) is 12.2. The summed E-state index contributed by atoms with van der Waals surface area (Å²) in [6.07, 6.45) is 1.60. The average Bonchev–Trinajstić information content (AvgIpc) is 2.75. The molecule has 66 valence electrons. The number of hydrogen-bond donors (Lipinski definition) is 1. The minimum atomic E-state index is -0.400. The molecule has 0 saturated carbocycles. The number of furan rings is 1. The Bertz CT molecular complexity index is 417. The van der Waals surface area contributed by atoms with Gasteiger partial charge in [-0.1, -0.05) is 0 Å². The molecule has 3 nitrogen and oxygen atoms in total. The first kappa shape index (κ1) is 8.07. The van der Waals surface area contributed by atoms with Gasteiger partial charge in [0.25, 0.3) is 5.91 Å². The SMILES string of the molecule is NC(=O)c1ccc(-c2ccco2)s1. The van der Waals surface area contributed by atoms with Crippen molar-refractivity contribution < 1.29 is 9.21 Å². The summed E-state index contributed by atoms with van der Waals surface area (Å²) >= 11 is 1.33. The second-order valence-electron chi connectivity index (χ2n) is 2.51. The standard InChI is InChI=1S/C9H7NO2S/c10-9(11)8-4-3-7(13-8)6-2-1-5-12-6/h1-5H,(H2,10,11). The first-order valence-electron chi connectivity index (χ1n) is 3.71. The Morgan fingerprint density at radius 1 is 1.38 bits per heavy atom. The van der Waals surface area contributed by atoms with E-state index in [1.807, 2.05) is 12.1 Å². The number of carbonyl (C=O) groups is 1.